The Bertz CT molecular complexity index is 716. The van der Waals surface area contributed by atoms with Gasteiger partial charge in [-0.3, -0.25) is 9.48 Å². The summed E-state index contributed by atoms with van der Waals surface area (Å²) in [5.41, 5.74) is 0.961. The van der Waals surface area contributed by atoms with E-state index in [1.807, 2.05) is 25.1 Å². The molecular formula is C16H21ClN6O. The number of carbonyl (C=O) groups is 1. The lowest BCUT2D eigenvalue weighted by molar-refractivity contribution is -0.133. The molecule has 1 aliphatic heterocycles. The molecule has 0 radical (unpaired) electrons. The minimum absolute atomic E-state index is 0.0129. The van der Waals surface area contributed by atoms with Gasteiger partial charge in [0.05, 0.1) is 23.0 Å². The largest absolute Gasteiger partial charge is 0.331 e. The van der Waals surface area contributed by atoms with Crippen molar-refractivity contribution in [2.24, 2.45) is 0 Å². The molecule has 0 spiro atoms. The highest BCUT2D eigenvalue weighted by Gasteiger charge is 2.32. The molecule has 2 aromatic rings. The Labute approximate surface area is 146 Å². The van der Waals surface area contributed by atoms with Crippen molar-refractivity contribution in [2.45, 2.75) is 32.0 Å². The lowest BCUT2D eigenvalue weighted by Crippen LogP contribution is -2.34. The van der Waals surface area contributed by atoms with Crippen LogP contribution in [0.15, 0.2) is 24.7 Å². The number of hydrogen-bond donors (Lipinski definition) is 0. The quantitative estimate of drug-likeness (QED) is 0.823. The van der Waals surface area contributed by atoms with Gasteiger partial charge >= 0.3 is 0 Å². The zero-order valence-corrected chi connectivity index (χ0v) is 14.6. The highest BCUT2D eigenvalue weighted by atomic mass is 35.5. The minimum atomic E-state index is -0.0642. The average molecular weight is 349 g/mol. The Balaban J connectivity index is 1.74. The van der Waals surface area contributed by atoms with Crippen molar-refractivity contribution < 1.29 is 4.79 Å². The third kappa shape index (κ3) is 3.91. The van der Waals surface area contributed by atoms with E-state index < -0.39 is 0 Å². The van der Waals surface area contributed by atoms with Gasteiger partial charge < -0.3 is 9.80 Å². The first kappa shape index (κ1) is 16.9. The van der Waals surface area contributed by atoms with Gasteiger partial charge in [0.25, 0.3) is 0 Å². The van der Waals surface area contributed by atoms with Gasteiger partial charge in [-0.05, 0) is 33.0 Å². The van der Waals surface area contributed by atoms with E-state index in [9.17, 15) is 4.79 Å². The van der Waals surface area contributed by atoms with Crippen molar-refractivity contribution in [3.63, 3.8) is 0 Å². The molecule has 3 rings (SSSR count). The van der Waals surface area contributed by atoms with Crippen LogP contribution in [0.3, 0.4) is 0 Å². The molecule has 0 aliphatic carbocycles. The maximum absolute atomic E-state index is 12.6. The summed E-state index contributed by atoms with van der Waals surface area (Å²) in [6, 6.07) is 1.85. The molecule has 128 valence electrons. The second-order valence-corrected chi connectivity index (χ2v) is 6.68. The van der Waals surface area contributed by atoms with Gasteiger partial charge in [-0.1, -0.05) is 11.6 Å². The van der Waals surface area contributed by atoms with Crippen LogP contribution in [0.5, 0.6) is 0 Å². The molecule has 1 atom stereocenters. The highest BCUT2D eigenvalue weighted by molar-refractivity contribution is 6.30. The summed E-state index contributed by atoms with van der Waals surface area (Å²) < 4.78 is 1.56. The van der Waals surface area contributed by atoms with E-state index in [1.165, 1.54) is 6.20 Å². The lowest BCUT2D eigenvalue weighted by Gasteiger charge is -2.24. The van der Waals surface area contributed by atoms with Gasteiger partial charge in [0, 0.05) is 25.5 Å². The summed E-state index contributed by atoms with van der Waals surface area (Å²) in [6.45, 7) is 1.66. The average Bonchev–Trinajstić information content (AvgIpc) is 3.16. The fraction of sp³-hybridized carbons (Fsp3) is 0.500. The molecule has 1 fully saturated rings. The Morgan fingerprint density at radius 3 is 3.00 bits per heavy atom. The first-order chi connectivity index (χ1) is 11.5. The molecule has 24 heavy (non-hydrogen) atoms. The Kier molecular flexibility index (Phi) is 5.11. The number of aromatic nitrogens is 4. The molecule has 8 heteroatoms. The molecule has 0 bridgehead atoms. The normalized spacial score (nSPS) is 17.7. The monoisotopic (exact) mass is 348 g/mol. The molecule has 7 nitrogen and oxygen atoms in total. The summed E-state index contributed by atoms with van der Waals surface area (Å²) in [7, 11) is 4.00. The Morgan fingerprint density at radius 2 is 2.29 bits per heavy atom. The second-order valence-electron chi connectivity index (χ2n) is 6.25. The van der Waals surface area contributed by atoms with Crippen molar-refractivity contribution in [3.8, 4) is 0 Å². The van der Waals surface area contributed by atoms with Crippen LogP contribution in [0.2, 0.25) is 5.02 Å². The van der Waals surface area contributed by atoms with Gasteiger partial charge in [0.2, 0.25) is 5.91 Å². The third-order valence-electron chi connectivity index (χ3n) is 3.98. The van der Waals surface area contributed by atoms with Gasteiger partial charge in [0.1, 0.15) is 6.54 Å². The van der Waals surface area contributed by atoms with E-state index in [-0.39, 0.29) is 18.5 Å². The lowest BCUT2D eigenvalue weighted by atomic mass is 10.2. The zero-order valence-electron chi connectivity index (χ0n) is 13.9. The molecule has 1 aliphatic rings. The maximum Gasteiger partial charge on any atom is 0.244 e. The van der Waals surface area contributed by atoms with Crippen molar-refractivity contribution in [3.05, 3.63) is 41.2 Å². The van der Waals surface area contributed by atoms with Crippen molar-refractivity contribution in [2.75, 3.05) is 20.6 Å². The number of hydrogen-bond acceptors (Lipinski definition) is 5. The molecular weight excluding hydrogens is 328 g/mol. The molecule has 0 N–H and O–H groups in total. The smallest absolute Gasteiger partial charge is 0.244 e. The van der Waals surface area contributed by atoms with Crippen molar-refractivity contribution in [1.29, 1.82) is 0 Å². The number of rotatable bonds is 5. The standard InChI is InChI=1S/C16H21ClN6O/c1-21(2)10-13-5-6-18-16(20-13)14-4-3-7-23(14)15(24)11-22-9-12(17)8-19-22/h5-6,8-9,14H,3-4,7,10-11H2,1-2H3/t14-/m0/s1. The molecule has 0 aromatic carbocycles. The summed E-state index contributed by atoms with van der Waals surface area (Å²) in [5.74, 6) is 0.734. The highest BCUT2D eigenvalue weighted by Crippen LogP contribution is 2.30. The summed E-state index contributed by atoms with van der Waals surface area (Å²) >= 11 is 5.85. The van der Waals surface area contributed by atoms with E-state index in [4.69, 9.17) is 11.6 Å². The van der Waals surface area contributed by atoms with Crippen molar-refractivity contribution in [1.82, 2.24) is 29.5 Å². The number of nitrogens with zero attached hydrogens (tertiary/aromatic N) is 6. The predicted molar refractivity (Wildman–Crippen MR) is 90.3 cm³/mol. The number of amides is 1. The number of carbonyl (C=O) groups excluding carboxylic acids is 1. The van der Waals surface area contributed by atoms with E-state index in [1.54, 1.807) is 17.1 Å². The van der Waals surface area contributed by atoms with Gasteiger partial charge in [-0.25, -0.2) is 9.97 Å². The van der Waals surface area contributed by atoms with Crippen LogP contribution in [-0.4, -0.2) is 56.1 Å². The van der Waals surface area contributed by atoms with Crippen LogP contribution in [-0.2, 0) is 17.9 Å². The second kappa shape index (κ2) is 7.27. The van der Waals surface area contributed by atoms with Crippen LogP contribution in [0.25, 0.3) is 0 Å². The predicted octanol–water partition coefficient (Wildman–Crippen LogP) is 1.75. The van der Waals surface area contributed by atoms with Gasteiger partial charge in [-0.2, -0.15) is 5.10 Å². The number of halogens is 1. The molecule has 2 aromatic heterocycles. The van der Waals surface area contributed by atoms with E-state index in [0.717, 1.165) is 37.4 Å². The zero-order chi connectivity index (χ0) is 17.1. The Hall–Kier alpha value is -1.99. The maximum atomic E-state index is 12.6. The van der Waals surface area contributed by atoms with Crippen LogP contribution in [0.4, 0.5) is 0 Å². The summed E-state index contributed by atoms with van der Waals surface area (Å²) in [4.78, 5) is 25.6. The fourth-order valence-corrected chi connectivity index (χ4v) is 3.13. The SMILES string of the molecule is CN(C)Cc1ccnc([C@@H]2CCCN2C(=O)Cn2cc(Cl)cn2)n1. The summed E-state index contributed by atoms with van der Waals surface area (Å²) in [5, 5.41) is 4.60. The fourth-order valence-electron chi connectivity index (χ4n) is 2.97. The van der Waals surface area contributed by atoms with Crippen LogP contribution < -0.4 is 0 Å². The van der Waals surface area contributed by atoms with Crippen LogP contribution in [0, 0.1) is 0 Å². The molecule has 1 amide bonds. The topological polar surface area (TPSA) is 67.2 Å². The van der Waals surface area contributed by atoms with Gasteiger partial charge in [-0.15, -0.1) is 0 Å². The first-order valence-electron chi connectivity index (χ1n) is 7.97. The van der Waals surface area contributed by atoms with Gasteiger partial charge in [0.15, 0.2) is 5.82 Å². The van der Waals surface area contributed by atoms with E-state index >= 15 is 0 Å². The Morgan fingerprint density at radius 1 is 1.46 bits per heavy atom. The van der Waals surface area contributed by atoms with Crippen molar-refractivity contribution >= 4 is 17.5 Å². The number of likely N-dealkylation sites (tertiary alicyclic amines) is 1. The molecule has 1 saturated heterocycles. The summed E-state index contributed by atoms with van der Waals surface area (Å²) in [6.07, 6.45) is 6.80. The van der Waals surface area contributed by atoms with E-state index in [0.29, 0.717) is 5.02 Å². The third-order valence-corrected chi connectivity index (χ3v) is 4.18. The van der Waals surface area contributed by atoms with E-state index in [2.05, 4.69) is 20.0 Å². The molecule has 3 heterocycles. The first-order valence-corrected chi connectivity index (χ1v) is 8.34. The van der Waals surface area contributed by atoms with Crippen LogP contribution >= 0.6 is 11.6 Å². The van der Waals surface area contributed by atoms with Crippen LogP contribution in [0.1, 0.15) is 30.4 Å². The molecule has 0 unspecified atom stereocenters. The minimum Gasteiger partial charge on any atom is -0.331 e. The molecule has 0 saturated carbocycles.